The van der Waals surface area contributed by atoms with E-state index < -0.39 is 23.2 Å². The maximum Gasteiger partial charge on any atom is 0.333 e. The molecule has 0 aliphatic carbocycles. The van der Waals surface area contributed by atoms with Gasteiger partial charge in [0.2, 0.25) is 11.8 Å². The number of aliphatic carboxylic acids is 1. The summed E-state index contributed by atoms with van der Waals surface area (Å²) in [7, 11) is 0. The number of carboxylic acids is 1. The number of hydrogen-bond donors (Lipinski definition) is 3. The Kier molecular flexibility index (Phi) is 6.65. The Morgan fingerprint density at radius 3 is 2.22 bits per heavy atom. The second-order valence-corrected chi connectivity index (χ2v) is 6.25. The minimum absolute atomic E-state index is 0.0788. The van der Waals surface area contributed by atoms with Crippen LogP contribution in [0.5, 0.6) is 0 Å². The molecular formula is C20H21FN2O4. The zero-order chi connectivity index (χ0) is 19.9. The number of carbonyl (C=O) groups is 3. The van der Waals surface area contributed by atoms with Crippen molar-refractivity contribution >= 4 is 17.8 Å². The van der Waals surface area contributed by atoms with Crippen LogP contribution < -0.4 is 10.6 Å². The maximum absolute atomic E-state index is 13.1. The third-order valence-electron chi connectivity index (χ3n) is 4.12. The number of benzene rings is 2. The number of hydrogen-bond acceptors (Lipinski definition) is 3. The molecular weight excluding hydrogens is 351 g/mol. The smallest absolute Gasteiger partial charge is 0.333 e. The Bertz CT molecular complexity index is 808. The number of halogens is 1. The van der Waals surface area contributed by atoms with Crippen molar-refractivity contribution in [2.45, 2.75) is 25.3 Å². The fourth-order valence-corrected chi connectivity index (χ4v) is 2.53. The zero-order valence-electron chi connectivity index (χ0n) is 14.9. The second-order valence-electron chi connectivity index (χ2n) is 6.25. The molecule has 0 aliphatic rings. The summed E-state index contributed by atoms with van der Waals surface area (Å²) < 4.78 is 13.1. The van der Waals surface area contributed by atoms with Crippen LogP contribution in [0.15, 0.2) is 54.6 Å². The molecule has 1 unspecified atom stereocenters. The molecule has 0 saturated carbocycles. The molecule has 0 aliphatic heterocycles. The molecule has 27 heavy (non-hydrogen) atoms. The topological polar surface area (TPSA) is 95.5 Å². The Balaban J connectivity index is 1.88. The second kappa shape index (κ2) is 8.93. The lowest BCUT2D eigenvalue weighted by Gasteiger charge is -2.27. The van der Waals surface area contributed by atoms with E-state index in [9.17, 15) is 23.9 Å². The summed E-state index contributed by atoms with van der Waals surface area (Å²) in [4.78, 5) is 35.7. The van der Waals surface area contributed by atoms with Crippen LogP contribution in [0.4, 0.5) is 4.39 Å². The fraction of sp³-hybridized carbons (Fsp3) is 0.250. The molecule has 0 radical (unpaired) electrons. The molecule has 0 spiro atoms. The third-order valence-corrected chi connectivity index (χ3v) is 4.12. The van der Waals surface area contributed by atoms with Gasteiger partial charge in [-0.2, -0.15) is 0 Å². The van der Waals surface area contributed by atoms with Gasteiger partial charge in [-0.15, -0.1) is 0 Å². The lowest BCUT2D eigenvalue weighted by atomic mass is 9.92. The highest BCUT2D eigenvalue weighted by Crippen LogP contribution is 2.21. The minimum atomic E-state index is -1.70. The first kappa shape index (κ1) is 20.1. The van der Waals surface area contributed by atoms with Gasteiger partial charge in [0.15, 0.2) is 5.54 Å². The van der Waals surface area contributed by atoms with Crippen molar-refractivity contribution in [2.24, 2.45) is 0 Å². The van der Waals surface area contributed by atoms with Crippen LogP contribution in [-0.4, -0.2) is 29.4 Å². The van der Waals surface area contributed by atoms with Crippen LogP contribution >= 0.6 is 0 Å². The predicted molar refractivity (Wildman–Crippen MR) is 97.3 cm³/mol. The quantitative estimate of drug-likeness (QED) is 0.660. The maximum atomic E-state index is 13.1. The highest BCUT2D eigenvalue weighted by molar-refractivity contribution is 5.88. The Hall–Kier alpha value is -3.22. The molecule has 7 heteroatoms. The summed E-state index contributed by atoms with van der Waals surface area (Å²) in [5.41, 5.74) is -0.592. The van der Waals surface area contributed by atoms with Crippen LogP contribution in [-0.2, 0) is 26.3 Å². The summed E-state index contributed by atoms with van der Waals surface area (Å²) in [6.07, 6.45) is 0.121. The van der Waals surface area contributed by atoms with E-state index in [0.29, 0.717) is 0 Å². The van der Waals surface area contributed by atoms with Gasteiger partial charge in [0, 0.05) is 13.0 Å². The molecule has 3 N–H and O–H groups in total. The van der Waals surface area contributed by atoms with Crippen molar-refractivity contribution in [1.82, 2.24) is 10.6 Å². The summed E-state index contributed by atoms with van der Waals surface area (Å²) in [5.74, 6) is -2.53. The molecule has 1 atom stereocenters. The number of nitrogens with one attached hydrogen (secondary N) is 2. The summed E-state index contributed by atoms with van der Waals surface area (Å²) in [6.45, 7) is 1.41. The summed E-state index contributed by atoms with van der Waals surface area (Å²) >= 11 is 0. The van der Waals surface area contributed by atoms with Crippen molar-refractivity contribution in [2.75, 3.05) is 6.54 Å². The predicted octanol–water partition coefficient (Wildman–Crippen LogP) is 1.99. The molecule has 2 rings (SSSR count). The Morgan fingerprint density at radius 2 is 1.63 bits per heavy atom. The first-order valence-electron chi connectivity index (χ1n) is 8.42. The third kappa shape index (κ3) is 5.64. The molecule has 2 aromatic rings. The van der Waals surface area contributed by atoms with E-state index in [-0.39, 0.29) is 30.9 Å². The zero-order valence-corrected chi connectivity index (χ0v) is 14.9. The van der Waals surface area contributed by atoms with E-state index >= 15 is 0 Å². The lowest BCUT2D eigenvalue weighted by molar-refractivity contribution is -0.147. The minimum Gasteiger partial charge on any atom is -0.479 e. The standard InChI is InChI=1S/C20H21FN2O4/c1-20(19(26)27,15-7-9-16(21)10-8-15)23-17(24)11-12-22-18(25)13-14-5-3-2-4-6-14/h2-10H,11-13H2,1H3,(H,22,25)(H,23,24)(H,26,27). The molecule has 0 saturated heterocycles. The van der Waals surface area contributed by atoms with E-state index in [4.69, 9.17) is 0 Å². The summed E-state index contributed by atoms with van der Waals surface area (Å²) in [6, 6.07) is 14.1. The van der Waals surface area contributed by atoms with Crippen molar-refractivity contribution in [1.29, 1.82) is 0 Å². The van der Waals surface area contributed by atoms with Gasteiger partial charge in [-0.1, -0.05) is 42.5 Å². The molecule has 0 heterocycles. The van der Waals surface area contributed by atoms with Crippen LogP contribution in [0.3, 0.4) is 0 Å². The van der Waals surface area contributed by atoms with E-state index in [2.05, 4.69) is 10.6 Å². The highest BCUT2D eigenvalue weighted by Gasteiger charge is 2.36. The van der Waals surface area contributed by atoms with Crippen molar-refractivity contribution < 1.29 is 23.9 Å². The SMILES string of the molecule is CC(NC(=O)CCNC(=O)Cc1ccccc1)(C(=O)O)c1ccc(F)cc1. The molecule has 6 nitrogen and oxygen atoms in total. The first-order chi connectivity index (χ1) is 12.8. The van der Waals surface area contributed by atoms with Gasteiger partial charge in [-0.05, 0) is 30.2 Å². The van der Waals surface area contributed by atoms with Gasteiger partial charge in [0.05, 0.1) is 6.42 Å². The fourth-order valence-electron chi connectivity index (χ4n) is 2.53. The van der Waals surface area contributed by atoms with Crippen LogP contribution in [0.1, 0.15) is 24.5 Å². The molecule has 142 valence electrons. The van der Waals surface area contributed by atoms with Gasteiger partial charge in [0.25, 0.3) is 0 Å². The van der Waals surface area contributed by atoms with Crippen LogP contribution in [0, 0.1) is 5.82 Å². The van der Waals surface area contributed by atoms with E-state index in [1.807, 2.05) is 30.3 Å². The number of amides is 2. The largest absolute Gasteiger partial charge is 0.479 e. The molecule has 0 aromatic heterocycles. The summed E-state index contributed by atoms with van der Waals surface area (Å²) in [5, 5.41) is 14.6. The van der Waals surface area contributed by atoms with E-state index in [1.165, 1.54) is 19.1 Å². The lowest BCUT2D eigenvalue weighted by Crippen LogP contribution is -2.50. The van der Waals surface area contributed by atoms with Crippen molar-refractivity contribution in [3.63, 3.8) is 0 Å². The number of carbonyl (C=O) groups excluding carboxylic acids is 2. The number of rotatable bonds is 8. The van der Waals surface area contributed by atoms with Crippen molar-refractivity contribution in [3.05, 3.63) is 71.5 Å². The van der Waals surface area contributed by atoms with Gasteiger partial charge in [-0.25, -0.2) is 9.18 Å². The Morgan fingerprint density at radius 1 is 1.00 bits per heavy atom. The van der Waals surface area contributed by atoms with E-state index in [1.54, 1.807) is 0 Å². The first-order valence-corrected chi connectivity index (χ1v) is 8.42. The number of carboxylic acid groups (broad SMARTS) is 1. The van der Waals surface area contributed by atoms with Gasteiger partial charge < -0.3 is 15.7 Å². The average molecular weight is 372 g/mol. The molecule has 0 fully saturated rings. The van der Waals surface area contributed by atoms with Crippen LogP contribution in [0.25, 0.3) is 0 Å². The van der Waals surface area contributed by atoms with Crippen LogP contribution in [0.2, 0.25) is 0 Å². The molecule has 0 bridgehead atoms. The van der Waals surface area contributed by atoms with E-state index in [0.717, 1.165) is 17.7 Å². The molecule has 2 aromatic carbocycles. The van der Waals surface area contributed by atoms with Crippen molar-refractivity contribution in [3.8, 4) is 0 Å². The normalized spacial score (nSPS) is 12.7. The van der Waals surface area contributed by atoms with Gasteiger partial charge >= 0.3 is 5.97 Å². The molecule has 2 amide bonds. The monoisotopic (exact) mass is 372 g/mol. The highest BCUT2D eigenvalue weighted by atomic mass is 19.1. The average Bonchev–Trinajstić information content (AvgIpc) is 2.62. The Labute approximate surface area is 156 Å². The van der Waals surface area contributed by atoms with Gasteiger partial charge in [0.1, 0.15) is 5.82 Å². The van der Waals surface area contributed by atoms with Gasteiger partial charge in [-0.3, -0.25) is 9.59 Å².